The molecule has 0 atom stereocenters. The number of nitrogens with zero attached hydrogens (tertiary/aromatic N) is 1. The van der Waals surface area contributed by atoms with Gasteiger partial charge in [0.15, 0.2) is 0 Å². The van der Waals surface area contributed by atoms with E-state index in [0.717, 1.165) is 18.7 Å². The molecule has 0 fully saturated rings. The van der Waals surface area contributed by atoms with Crippen LogP contribution in [-0.2, 0) is 0 Å². The van der Waals surface area contributed by atoms with Gasteiger partial charge in [0.25, 0.3) is 6.43 Å². The van der Waals surface area contributed by atoms with E-state index < -0.39 is 6.43 Å². The van der Waals surface area contributed by atoms with Gasteiger partial charge in [0.2, 0.25) is 0 Å². The predicted molar refractivity (Wildman–Crippen MR) is 63.2 cm³/mol. The number of hydrogen-bond acceptors (Lipinski definition) is 2. The van der Waals surface area contributed by atoms with Crippen LogP contribution in [0, 0.1) is 0 Å². The highest BCUT2D eigenvalue weighted by molar-refractivity contribution is 5.44. The second-order valence-corrected chi connectivity index (χ2v) is 3.71. The number of rotatable bonds is 7. The van der Waals surface area contributed by atoms with Gasteiger partial charge in [0.1, 0.15) is 0 Å². The van der Waals surface area contributed by atoms with Gasteiger partial charge in [-0.1, -0.05) is 18.2 Å². The SMILES string of the molecule is CN(CCCNCC(F)F)c1ccccc1. The highest BCUT2D eigenvalue weighted by Crippen LogP contribution is 2.10. The fourth-order valence-electron chi connectivity index (χ4n) is 1.46. The maximum absolute atomic E-state index is 11.8. The van der Waals surface area contributed by atoms with Crippen molar-refractivity contribution in [2.75, 3.05) is 31.6 Å². The van der Waals surface area contributed by atoms with Gasteiger partial charge in [-0.3, -0.25) is 0 Å². The number of benzene rings is 1. The van der Waals surface area contributed by atoms with E-state index in [9.17, 15) is 8.78 Å². The Morgan fingerprint density at radius 1 is 1.25 bits per heavy atom. The zero-order valence-electron chi connectivity index (χ0n) is 9.50. The average molecular weight is 228 g/mol. The molecule has 0 bridgehead atoms. The highest BCUT2D eigenvalue weighted by Gasteiger charge is 2.01. The van der Waals surface area contributed by atoms with E-state index in [1.54, 1.807) is 0 Å². The molecule has 0 radical (unpaired) electrons. The first kappa shape index (κ1) is 12.9. The fraction of sp³-hybridized carbons (Fsp3) is 0.500. The van der Waals surface area contributed by atoms with Gasteiger partial charge in [0.05, 0.1) is 6.54 Å². The Morgan fingerprint density at radius 2 is 1.94 bits per heavy atom. The lowest BCUT2D eigenvalue weighted by atomic mass is 10.3. The van der Waals surface area contributed by atoms with Gasteiger partial charge in [-0.2, -0.15) is 0 Å². The van der Waals surface area contributed by atoms with Crippen LogP contribution in [-0.4, -0.2) is 33.1 Å². The van der Waals surface area contributed by atoms with Crippen molar-refractivity contribution in [3.8, 4) is 0 Å². The topological polar surface area (TPSA) is 15.3 Å². The first-order valence-corrected chi connectivity index (χ1v) is 5.45. The summed E-state index contributed by atoms with van der Waals surface area (Å²) in [4.78, 5) is 2.12. The maximum Gasteiger partial charge on any atom is 0.250 e. The fourth-order valence-corrected chi connectivity index (χ4v) is 1.46. The lowest BCUT2D eigenvalue weighted by Crippen LogP contribution is -2.26. The van der Waals surface area contributed by atoms with Crippen molar-refractivity contribution in [2.45, 2.75) is 12.8 Å². The molecule has 0 aliphatic rings. The summed E-state index contributed by atoms with van der Waals surface area (Å²) in [7, 11) is 2.00. The molecule has 0 aromatic heterocycles. The summed E-state index contributed by atoms with van der Waals surface area (Å²) in [6.07, 6.45) is -1.40. The van der Waals surface area contributed by atoms with Gasteiger partial charge in [0, 0.05) is 19.3 Å². The Hall–Kier alpha value is -1.16. The van der Waals surface area contributed by atoms with Crippen LogP contribution in [0.2, 0.25) is 0 Å². The molecule has 1 aromatic rings. The summed E-state index contributed by atoms with van der Waals surface area (Å²) in [5.41, 5.74) is 1.15. The summed E-state index contributed by atoms with van der Waals surface area (Å²) in [5, 5.41) is 2.71. The highest BCUT2D eigenvalue weighted by atomic mass is 19.3. The maximum atomic E-state index is 11.8. The number of anilines is 1. The molecule has 1 N–H and O–H groups in total. The predicted octanol–water partition coefficient (Wildman–Crippen LogP) is 2.37. The Kier molecular flexibility index (Phi) is 5.78. The van der Waals surface area contributed by atoms with Gasteiger partial charge < -0.3 is 10.2 Å². The van der Waals surface area contributed by atoms with Gasteiger partial charge >= 0.3 is 0 Å². The third kappa shape index (κ3) is 5.07. The van der Waals surface area contributed by atoms with E-state index in [2.05, 4.69) is 10.2 Å². The molecule has 0 spiro atoms. The van der Waals surface area contributed by atoms with Gasteiger partial charge in [-0.05, 0) is 25.1 Å². The first-order chi connectivity index (χ1) is 7.70. The molecule has 16 heavy (non-hydrogen) atoms. The third-order valence-corrected chi connectivity index (χ3v) is 2.34. The molecule has 1 rings (SSSR count). The molecule has 90 valence electrons. The van der Waals surface area contributed by atoms with E-state index in [4.69, 9.17) is 0 Å². The summed E-state index contributed by atoms with van der Waals surface area (Å²) in [6, 6.07) is 10.0. The second kappa shape index (κ2) is 7.17. The van der Waals surface area contributed by atoms with Crippen molar-refractivity contribution in [3.05, 3.63) is 30.3 Å². The third-order valence-electron chi connectivity index (χ3n) is 2.34. The van der Waals surface area contributed by atoms with Crippen LogP contribution in [0.15, 0.2) is 30.3 Å². The van der Waals surface area contributed by atoms with E-state index >= 15 is 0 Å². The minimum atomic E-state index is -2.26. The molecule has 0 heterocycles. The molecule has 0 amide bonds. The van der Waals surface area contributed by atoms with Crippen LogP contribution >= 0.6 is 0 Å². The normalized spacial score (nSPS) is 10.8. The Morgan fingerprint density at radius 3 is 2.56 bits per heavy atom. The zero-order valence-corrected chi connectivity index (χ0v) is 9.50. The first-order valence-electron chi connectivity index (χ1n) is 5.45. The molecule has 1 aromatic carbocycles. The van der Waals surface area contributed by atoms with Crippen LogP contribution in [0.25, 0.3) is 0 Å². The molecule has 0 saturated heterocycles. The molecule has 0 unspecified atom stereocenters. The largest absolute Gasteiger partial charge is 0.375 e. The monoisotopic (exact) mass is 228 g/mol. The number of nitrogens with one attached hydrogen (secondary N) is 1. The van der Waals surface area contributed by atoms with E-state index in [1.165, 1.54) is 0 Å². The lowest BCUT2D eigenvalue weighted by Gasteiger charge is -2.19. The van der Waals surface area contributed by atoms with Gasteiger partial charge in [-0.15, -0.1) is 0 Å². The number of hydrogen-bond donors (Lipinski definition) is 1. The molecule has 0 aliphatic heterocycles. The number of alkyl halides is 2. The molecule has 2 nitrogen and oxygen atoms in total. The Bertz CT molecular complexity index is 278. The quantitative estimate of drug-likeness (QED) is 0.721. The number of halogens is 2. The van der Waals surface area contributed by atoms with E-state index in [1.807, 2.05) is 37.4 Å². The Labute approximate surface area is 95.3 Å². The average Bonchev–Trinajstić information content (AvgIpc) is 2.29. The van der Waals surface area contributed by atoms with Crippen molar-refractivity contribution < 1.29 is 8.78 Å². The van der Waals surface area contributed by atoms with Crippen LogP contribution in [0.5, 0.6) is 0 Å². The summed E-state index contributed by atoms with van der Waals surface area (Å²) < 4.78 is 23.6. The van der Waals surface area contributed by atoms with Crippen molar-refractivity contribution in [1.82, 2.24) is 5.32 Å². The molecule has 0 aliphatic carbocycles. The van der Waals surface area contributed by atoms with E-state index in [0.29, 0.717) is 6.54 Å². The number of para-hydroxylation sites is 1. The van der Waals surface area contributed by atoms with Crippen molar-refractivity contribution in [1.29, 1.82) is 0 Å². The lowest BCUT2D eigenvalue weighted by molar-refractivity contribution is 0.146. The van der Waals surface area contributed by atoms with Crippen LogP contribution in [0.1, 0.15) is 6.42 Å². The molecular weight excluding hydrogens is 210 g/mol. The summed E-state index contributed by atoms with van der Waals surface area (Å²) in [6.45, 7) is 1.27. The van der Waals surface area contributed by atoms with Crippen LogP contribution in [0.4, 0.5) is 14.5 Å². The molecule has 4 heteroatoms. The molecular formula is C12H18F2N2. The second-order valence-electron chi connectivity index (χ2n) is 3.71. The van der Waals surface area contributed by atoms with Gasteiger partial charge in [-0.25, -0.2) is 8.78 Å². The summed E-state index contributed by atoms with van der Waals surface area (Å²) in [5.74, 6) is 0. The minimum Gasteiger partial charge on any atom is -0.375 e. The van der Waals surface area contributed by atoms with Crippen LogP contribution < -0.4 is 10.2 Å². The van der Waals surface area contributed by atoms with Crippen molar-refractivity contribution >= 4 is 5.69 Å². The smallest absolute Gasteiger partial charge is 0.250 e. The zero-order chi connectivity index (χ0) is 11.8. The Balaban J connectivity index is 2.14. The van der Waals surface area contributed by atoms with Crippen molar-refractivity contribution in [3.63, 3.8) is 0 Å². The van der Waals surface area contributed by atoms with Crippen molar-refractivity contribution in [2.24, 2.45) is 0 Å². The van der Waals surface area contributed by atoms with E-state index in [-0.39, 0.29) is 6.54 Å². The summed E-state index contributed by atoms with van der Waals surface area (Å²) >= 11 is 0. The standard InChI is InChI=1S/C12H18F2N2/c1-16(11-6-3-2-4-7-11)9-5-8-15-10-12(13)14/h2-4,6-7,12,15H,5,8-10H2,1H3. The minimum absolute atomic E-state index is 0.213. The van der Waals surface area contributed by atoms with Crippen LogP contribution in [0.3, 0.4) is 0 Å². The molecule has 0 saturated carbocycles.